The topological polar surface area (TPSA) is 75.5 Å². The number of amides is 1. The third-order valence-corrected chi connectivity index (χ3v) is 4.41. The zero-order chi connectivity index (χ0) is 18.6. The minimum atomic E-state index is -0.489. The van der Waals surface area contributed by atoms with Gasteiger partial charge in [-0.25, -0.2) is 0 Å². The average molecular weight is 403 g/mol. The maximum absolute atomic E-state index is 12.1. The van der Waals surface area contributed by atoms with Gasteiger partial charge in [0.25, 0.3) is 5.69 Å². The molecule has 2 aromatic rings. The number of hydrogen-bond acceptors (Lipinski definition) is 4. The first-order valence-electron chi connectivity index (χ1n) is 7.12. The van der Waals surface area contributed by atoms with Crippen molar-refractivity contribution in [3.8, 4) is 0 Å². The van der Waals surface area contributed by atoms with Gasteiger partial charge in [0.15, 0.2) is 0 Å². The van der Waals surface area contributed by atoms with E-state index in [-0.39, 0.29) is 24.7 Å². The molecule has 0 aromatic heterocycles. The monoisotopic (exact) mass is 401 g/mol. The lowest BCUT2D eigenvalue weighted by Crippen LogP contribution is -2.29. The molecule has 0 atom stereocenters. The van der Waals surface area contributed by atoms with E-state index in [1.807, 2.05) is 0 Å². The molecule has 9 heteroatoms. The van der Waals surface area contributed by atoms with Crippen molar-refractivity contribution in [2.75, 3.05) is 18.9 Å². The molecule has 2 rings (SSSR count). The van der Waals surface area contributed by atoms with Crippen LogP contribution in [0.2, 0.25) is 15.1 Å². The Morgan fingerprint density at radius 2 is 1.80 bits per heavy atom. The molecule has 0 spiro atoms. The quantitative estimate of drug-likeness (QED) is 0.565. The first-order chi connectivity index (χ1) is 11.8. The molecule has 0 aliphatic heterocycles. The number of hydrogen-bond donors (Lipinski definition) is 1. The molecule has 132 valence electrons. The van der Waals surface area contributed by atoms with Crippen LogP contribution in [0.25, 0.3) is 0 Å². The highest BCUT2D eigenvalue weighted by Crippen LogP contribution is 2.25. The maximum Gasteiger partial charge on any atom is 0.269 e. The van der Waals surface area contributed by atoms with Gasteiger partial charge in [0.05, 0.1) is 21.5 Å². The Kier molecular flexibility index (Phi) is 6.61. The van der Waals surface area contributed by atoms with Gasteiger partial charge < -0.3 is 5.32 Å². The zero-order valence-corrected chi connectivity index (χ0v) is 15.4. The third-order valence-electron chi connectivity index (χ3n) is 3.30. The smallest absolute Gasteiger partial charge is 0.269 e. The van der Waals surface area contributed by atoms with E-state index in [2.05, 4.69) is 5.32 Å². The first-order valence-corrected chi connectivity index (χ1v) is 8.26. The summed E-state index contributed by atoms with van der Waals surface area (Å²) in [7, 11) is 1.71. The van der Waals surface area contributed by atoms with Gasteiger partial charge >= 0.3 is 0 Å². The lowest BCUT2D eigenvalue weighted by atomic mass is 10.2. The van der Waals surface area contributed by atoms with Crippen molar-refractivity contribution in [1.29, 1.82) is 0 Å². The molecule has 1 N–H and O–H groups in total. The molecule has 0 aliphatic rings. The van der Waals surface area contributed by atoms with Crippen molar-refractivity contribution in [2.24, 2.45) is 0 Å². The van der Waals surface area contributed by atoms with Gasteiger partial charge in [-0.15, -0.1) is 0 Å². The van der Waals surface area contributed by atoms with Crippen molar-refractivity contribution < 1.29 is 9.72 Å². The maximum atomic E-state index is 12.1. The molecule has 0 radical (unpaired) electrons. The van der Waals surface area contributed by atoms with Crippen LogP contribution in [0.15, 0.2) is 36.4 Å². The predicted octanol–water partition coefficient (Wildman–Crippen LogP) is 4.63. The Balaban J connectivity index is 1.98. The molecule has 0 aliphatic carbocycles. The second-order valence-corrected chi connectivity index (χ2v) is 6.60. The largest absolute Gasteiger partial charge is 0.325 e. The number of benzene rings is 2. The Bertz CT molecular complexity index is 814. The van der Waals surface area contributed by atoms with E-state index < -0.39 is 4.92 Å². The molecule has 1 amide bonds. The number of nitrogens with one attached hydrogen (secondary N) is 1. The van der Waals surface area contributed by atoms with Gasteiger partial charge in [-0.2, -0.15) is 0 Å². The lowest BCUT2D eigenvalue weighted by molar-refractivity contribution is -0.384. The van der Waals surface area contributed by atoms with Crippen LogP contribution in [0.5, 0.6) is 0 Å². The molecule has 0 saturated carbocycles. The predicted molar refractivity (Wildman–Crippen MR) is 99.5 cm³/mol. The normalized spacial score (nSPS) is 10.8. The molecule has 6 nitrogen and oxygen atoms in total. The summed E-state index contributed by atoms with van der Waals surface area (Å²) < 4.78 is 0. The van der Waals surface area contributed by atoms with Gasteiger partial charge in [-0.1, -0.05) is 34.8 Å². The van der Waals surface area contributed by atoms with E-state index in [0.717, 1.165) is 0 Å². The average Bonchev–Trinajstić information content (AvgIpc) is 2.52. The SMILES string of the molecule is CN(CC(=O)Nc1ccc(Cl)c(Cl)c1)Cc1cc([N+](=O)[O-])ccc1Cl. The number of halogens is 3. The minimum absolute atomic E-state index is 0.0481. The highest BCUT2D eigenvalue weighted by molar-refractivity contribution is 6.42. The number of carbonyl (C=O) groups excluding carboxylic acids is 1. The summed E-state index contributed by atoms with van der Waals surface area (Å²) in [5, 5.41) is 14.7. The second-order valence-electron chi connectivity index (χ2n) is 5.38. The Morgan fingerprint density at radius 3 is 2.44 bits per heavy atom. The van der Waals surface area contributed by atoms with Crippen molar-refractivity contribution in [3.05, 3.63) is 67.1 Å². The number of non-ortho nitro benzene ring substituents is 1. The van der Waals surface area contributed by atoms with Crippen LogP contribution in [0, 0.1) is 10.1 Å². The zero-order valence-electron chi connectivity index (χ0n) is 13.1. The minimum Gasteiger partial charge on any atom is -0.325 e. The van der Waals surface area contributed by atoms with Crippen LogP contribution in [0.4, 0.5) is 11.4 Å². The fraction of sp³-hybridized carbons (Fsp3) is 0.188. The van der Waals surface area contributed by atoms with Gasteiger partial charge in [-0.05, 0) is 36.9 Å². The van der Waals surface area contributed by atoms with Crippen molar-refractivity contribution in [2.45, 2.75) is 6.54 Å². The summed E-state index contributed by atoms with van der Waals surface area (Å²) >= 11 is 17.8. The van der Waals surface area contributed by atoms with Crippen LogP contribution < -0.4 is 5.32 Å². The molecule has 25 heavy (non-hydrogen) atoms. The van der Waals surface area contributed by atoms with Crippen molar-refractivity contribution in [3.63, 3.8) is 0 Å². The lowest BCUT2D eigenvalue weighted by Gasteiger charge is -2.17. The van der Waals surface area contributed by atoms with Crippen molar-refractivity contribution in [1.82, 2.24) is 4.90 Å². The number of carbonyl (C=O) groups is 1. The van der Waals surface area contributed by atoms with Crippen LogP contribution in [0.1, 0.15) is 5.56 Å². The number of nitro benzene ring substituents is 1. The standard InChI is InChI=1S/C16H14Cl3N3O3/c1-21(8-10-6-12(22(24)25)3-5-13(10)17)9-16(23)20-11-2-4-14(18)15(19)7-11/h2-7H,8-9H2,1H3,(H,20,23). The summed E-state index contributed by atoms with van der Waals surface area (Å²) in [6.45, 7) is 0.356. The van der Waals surface area contributed by atoms with Gasteiger partial charge in [0.2, 0.25) is 5.91 Å². The van der Waals surface area contributed by atoms with E-state index in [4.69, 9.17) is 34.8 Å². The molecule has 0 bridgehead atoms. The van der Waals surface area contributed by atoms with Crippen LogP contribution in [-0.2, 0) is 11.3 Å². The number of nitrogens with zero attached hydrogens (tertiary/aromatic N) is 2. The summed E-state index contributed by atoms with van der Waals surface area (Å²) in [5.41, 5.74) is 1.05. The fourth-order valence-electron chi connectivity index (χ4n) is 2.16. The number of anilines is 1. The van der Waals surface area contributed by atoms with Gasteiger partial charge in [0, 0.05) is 29.4 Å². The third kappa shape index (κ3) is 5.57. The Hall–Kier alpha value is -1.86. The van der Waals surface area contributed by atoms with Crippen LogP contribution >= 0.6 is 34.8 Å². The number of rotatable bonds is 6. The molecule has 0 fully saturated rings. The number of likely N-dealkylation sites (N-methyl/N-ethyl adjacent to an activating group) is 1. The van der Waals surface area contributed by atoms with Gasteiger partial charge in [-0.3, -0.25) is 19.8 Å². The van der Waals surface area contributed by atoms with E-state index in [0.29, 0.717) is 26.3 Å². The fourth-order valence-corrected chi connectivity index (χ4v) is 2.64. The van der Waals surface area contributed by atoms with E-state index in [9.17, 15) is 14.9 Å². The molecular formula is C16H14Cl3N3O3. The van der Waals surface area contributed by atoms with Gasteiger partial charge in [0.1, 0.15) is 0 Å². The summed E-state index contributed by atoms with van der Waals surface area (Å²) in [6.07, 6.45) is 0. The van der Waals surface area contributed by atoms with Crippen LogP contribution in [-0.4, -0.2) is 29.3 Å². The van der Waals surface area contributed by atoms with E-state index in [1.165, 1.54) is 18.2 Å². The second kappa shape index (κ2) is 8.49. The van der Waals surface area contributed by atoms with Crippen molar-refractivity contribution >= 4 is 52.1 Å². The van der Waals surface area contributed by atoms with E-state index >= 15 is 0 Å². The highest BCUT2D eigenvalue weighted by Gasteiger charge is 2.13. The molecule has 0 unspecified atom stereocenters. The van der Waals surface area contributed by atoms with Crippen LogP contribution in [0.3, 0.4) is 0 Å². The molecular weight excluding hydrogens is 389 g/mol. The highest BCUT2D eigenvalue weighted by atomic mass is 35.5. The summed E-state index contributed by atoms with van der Waals surface area (Å²) in [4.78, 5) is 24.1. The molecule has 0 saturated heterocycles. The Labute approximate surface area is 159 Å². The van der Waals surface area contributed by atoms with E-state index in [1.54, 1.807) is 30.1 Å². The summed E-state index contributed by atoms with van der Waals surface area (Å²) in [5.74, 6) is -0.262. The number of nitro groups is 1. The first kappa shape index (κ1) is 19.5. The Morgan fingerprint density at radius 1 is 1.12 bits per heavy atom. The summed E-state index contributed by atoms with van der Waals surface area (Å²) in [6, 6.07) is 8.99. The molecule has 2 aromatic carbocycles. The molecule has 0 heterocycles.